The highest BCUT2D eigenvalue weighted by Gasteiger charge is 2.60. The molecular weight excluding hydrogens is 958 g/mol. The Kier molecular flexibility index (Phi) is 11.2. The second-order valence-electron chi connectivity index (χ2n) is 30.8. The summed E-state index contributed by atoms with van der Waals surface area (Å²) in [6.07, 6.45) is 9.22. The van der Waals surface area contributed by atoms with E-state index in [1.54, 1.807) is 0 Å². The number of benzene rings is 6. The third kappa shape index (κ3) is 7.51. The van der Waals surface area contributed by atoms with E-state index in [1.807, 2.05) is 0 Å². The van der Waals surface area contributed by atoms with Crippen molar-refractivity contribution in [1.82, 2.24) is 0 Å². The Bertz CT molecular complexity index is 3670. The van der Waals surface area contributed by atoms with Crippen LogP contribution in [0.5, 0.6) is 0 Å². The number of fused-ring (bicyclic) bond motifs is 10. The first-order valence-corrected chi connectivity index (χ1v) is 30.3. The minimum atomic E-state index is -0.165. The van der Waals surface area contributed by atoms with Crippen LogP contribution >= 0.6 is 0 Å². The summed E-state index contributed by atoms with van der Waals surface area (Å²) in [6, 6.07) is 44.0. The maximum atomic E-state index is 7.97. The molecule has 0 N–H and O–H groups in total. The fourth-order valence-electron chi connectivity index (χ4n) is 16.4. The van der Waals surface area contributed by atoms with Crippen molar-refractivity contribution >= 4 is 68.8 Å². The van der Waals surface area contributed by atoms with Gasteiger partial charge in [0.05, 0.1) is 22.6 Å². The fourth-order valence-corrected chi connectivity index (χ4v) is 16.4. The first-order valence-electron chi connectivity index (χ1n) is 30.3. The van der Waals surface area contributed by atoms with E-state index in [1.165, 1.54) is 131 Å². The van der Waals surface area contributed by atoms with E-state index in [9.17, 15) is 0 Å². The van der Waals surface area contributed by atoms with Crippen molar-refractivity contribution in [1.29, 1.82) is 0 Å². The van der Waals surface area contributed by atoms with Gasteiger partial charge in [-0.2, -0.15) is 0 Å². The smallest absolute Gasteiger partial charge is 0.297 e. The van der Waals surface area contributed by atoms with Crippen molar-refractivity contribution in [3.8, 4) is 11.1 Å². The van der Waals surface area contributed by atoms with E-state index >= 15 is 0 Å². The SMILES string of the molecule is Cc1cc(C)c2c(c1)N(c1cc3c4c(c1)N(c1ccc(C(C)(C)C)cc1)c1c(oc5c1C(C)(C)CCC5(C)C)B4c1cc4c(cc1N3c1ccc(C(C)(C)C)cc1-c1ccccc1)C(C)(C)CCC4(C)C)C1(C)CCCCC21C. The highest BCUT2D eigenvalue weighted by atomic mass is 16.3. The molecule has 5 heteroatoms. The summed E-state index contributed by atoms with van der Waals surface area (Å²) in [5.74, 6) is 1.16. The van der Waals surface area contributed by atoms with Crippen LogP contribution in [0.4, 0.5) is 45.5 Å². The van der Waals surface area contributed by atoms with E-state index in [2.05, 4.69) is 249 Å². The molecule has 2 atom stereocenters. The second-order valence-corrected chi connectivity index (χ2v) is 30.8. The lowest BCUT2D eigenvalue weighted by Gasteiger charge is -2.51. The van der Waals surface area contributed by atoms with Crippen molar-refractivity contribution in [2.75, 3.05) is 14.7 Å². The van der Waals surface area contributed by atoms with Crippen LogP contribution in [0, 0.1) is 13.8 Å². The van der Waals surface area contributed by atoms with Gasteiger partial charge in [-0.15, -0.1) is 0 Å². The molecule has 79 heavy (non-hydrogen) atoms. The molecule has 0 spiro atoms. The molecule has 7 aromatic rings. The Morgan fingerprint density at radius 1 is 0.494 bits per heavy atom. The molecule has 0 bridgehead atoms. The van der Waals surface area contributed by atoms with Crippen LogP contribution in [0.1, 0.15) is 212 Å². The van der Waals surface area contributed by atoms with Gasteiger partial charge in [-0.05, 0) is 190 Å². The van der Waals surface area contributed by atoms with E-state index < -0.39 is 0 Å². The Labute approximate surface area is 475 Å². The Balaban J connectivity index is 1.23. The van der Waals surface area contributed by atoms with Crippen LogP contribution in [0.3, 0.4) is 0 Å². The predicted molar refractivity (Wildman–Crippen MR) is 338 cm³/mol. The Hall–Kier alpha value is -5.94. The van der Waals surface area contributed by atoms with Crippen molar-refractivity contribution in [3.05, 3.63) is 159 Å². The zero-order valence-corrected chi connectivity index (χ0v) is 51.4. The average molecular weight is 1050 g/mol. The molecular formula is C74H88BN3O. The molecule has 0 saturated heterocycles. The lowest BCUT2D eigenvalue weighted by atomic mass is 9.35. The summed E-state index contributed by atoms with van der Waals surface area (Å²) in [6.45, 7) is 43.7. The summed E-state index contributed by atoms with van der Waals surface area (Å²) in [5, 5.41) is 0. The molecule has 13 rings (SSSR count). The van der Waals surface area contributed by atoms with Gasteiger partial charge in [-0.25, -0.2) is 0 Å². The van der Waals surface area contributed by atoms with Crippen LogP contribution in [0.15, 0.2) is 114 Å². The van der Waals surface area contributed by atoms with Crippen LogP contribution in [-0.2, 0) is 37.9 Å². The number of furan rings is 1. The van der Waals surface area contributed by atoms with Gasteiger partial charge in [0.2, 0.25) is 0 Å². The number of hydrogen-bond donors (Lipinski definition) is 0. The maximum absolute atomic E-state index is 7.97. The minimum absolute atomic E-state index is 0.00275. The molecule has 6 aliphatic rings. The normalized spacial score (nSPS) is 22.8. The lowest BCUT2D eigenvalue weighted by Crippen LogP contribution is -2.62. The molecule has 2 unspecified atom stereocenters. The summed E-state index contributed by atoms with van der Waals surface area (Å²) < 4.78 is 7.97. The van der Waals surface area contributed by atoms with Crippen molar-refractivity contribution in [2.24, 2.45) is 0 Å². The molecule has 4 nitrogen and oxygen atoms in total. The molecule has 4 heterocycles. The molecule has 3 aliphatic heterocycles. The predicted octanol–water partition coefficient (Wildman–Crippen LogP) is 18.7. The number of hydrogen-bond acceptors (Lipinski definition) is 4. The molecule has 1 saturated carbocycles. The van der Waals surface area contributed by atoms with Crippen molar-refractivity contribution in [2.45, 2.75) is 219 Å². The molecule has 1 aromatic heterocycles. The highest BCUT2D eigenvalue weighted by molar-refractivity contribution is 6.99. The monoisotopic (exact) mass is 1050 g/mol. The van der Waals surface area contributed by atoms with Gasteiger partial charge >= 0.3 is 0 Å². The fraction of sp³-hybridized carbons (Fsp3) is 0.459. The van der Waals surface area contributed by atoms with Gasteiger partial charge in [0.15, 0.2) is 0 Å². The molecule has 0 radical (unpaired) electrons. The van der Waals surface area contributed by atoms with Crippen LogP contribution in [0.2, 0.25) is 0 Å². The average Bonchev–Trinajstić information content (AvgIpc) is 2.37. The summed E-state index contributed by atoms with van der Waals surface area (Å²) in [5.41, 5.74) is 27.1. The van der Waals surface area contributed by atoms with Crippen LogP contribution < -0.4 is 31.3 Å². The van der Waals surface area contributed by atoms with E-state index in [4.69, 9.17) is 4.42 Å². The zero-order valence-electron chi connectivity index (χ0n) is 51.4. The quantitative estimate of drug-likeness (QED) is 0.164. The third-order valence-corrected chi connectivity index (χ3v) is 21.5. The summed E-state index contributed by atoms with van der Waals surface area (Å²) in [7, 11) is 0. The molecule has 1 fully saturated rings. The number of rotatable bonds is 4. The second kappa shape index (κ2) is 16.8. The van der Waals surface area contributed by atoms with Crippen LogP contribution in [0.25, 0.3) is 11.1 Å². The first-order chi connectivity index (χ1) is 37.0. The Morgan fingerprint density at radius 2 is 1.09 bits per heavy atom. The number of aryl methyl sites for hydroxylation is 2. The topological polar surface area (TPSA) is 22.9 Å². The van der Waals surface area contributed by atoms with Gasteiger partial charge in [-0.1, -0.05) is 177 Å². The van der Waals surface area contributed by atoms with Crippen LogP contribution in [-0.4, -0.2) is 12.3 Å². The van der Waals surface area contributed by atoms with E-state index in [0.29, 0.717) is 0 Å². The van der Waals surface area contributed by atoms with Gasteiger partial charge in [0.25, 0.3) is 6.71 Å². The van der Waals surface area contributed by atoms with Gasteiger partial charge in [-0.3, -0.25) is 0 Å². The zero-order chi connectivity index (χ0) is 56.1. The summed E-state index contributed by atoms with van der Waals surface area (Å²) >= 11 is 0. The third-order valence-electron chi connectivity index (χ3n) is 21.5. The number of anilines is 8. The standard InChI is InChI=1S/C74H88BN3O/c1-45-38-46(2)61-58(39-45)78(74(18)33-23-22-32-73(61,74)17)51-41-59-63-60(42-51)77(56-31-28-49(68(6,7)8)40-52(56)47-24-20-19-21-25-47)57-44-54-53(69(9,10)34-35-70(54,11)12)43-55(57)75(63)66-64(62-65(79-66)72(15,16)37-36-71(62,13)14)76(59)50-29-26-48(27-30-50)67(3,4)5/h19-21,24-31,38-44H,22-23,32-37H2,1-18H3. The van der Waals surface area contributed by atoms with E-state index in [0.717, 1.165) is 43.5 Å². The maximum Gasteiger partial charge on any atom is 0.297 e. The molecule has 3 aliphatic carbocycles. The first kappa shape index (κ1) is 52.4. The highest BCUT2D eigenvalue weighted by Crippen LogP contribution is 2.64. The van der Waals surface area contributed by atoms with Gasteiger partial charge in [0, 0.05) is 56.1 Å². The lowest BCUT2D eigenvalue weighted by molar-refractivity contribution is 0.194. The van der Waals surface area contributed by atoms with Crippen molar-refractivity contribution in [3.63, 3.8) is 0 Å². The largest absolute Gasteiger partial charge is 0.472 e. The van der Waals surface area contributed by atoms with E-state index in [-0.39, 0.29) is 50.2 Å². The Morgan fingerprint density at radius 3 is 1.75 bits per heavy atom. The van der Waals surface area contributed by atoms with Crippen molar-refractivity contribution < 1.29 is 4.42 Å². The minimum Gasteiger partial charge on any atom is -0.472 e. The van der Waals surface area contributed by atoms with Gasteiger partial charge < -0.3 is 19.1 Å². The molecule has 6 aromatic carbocycles. The molecule has 0 amide bonds. The summed E-state index contributed by atoms with van der Waals surface area (Å²) in [4.78, 5) is 8.33. The molecule has 408 valence electrons. The van der Waals surface area contributed by atoms with Gasteiger partial charge in [0.1, 0.15) is 5.76 Å². The number of nitrogens with zero attached hydrogens (tertiary/aromatic N) is 3.